The third-order valence-electron chi connectivity index (χ3n) is 5.41. The van der Waals surface area contributed by atoms with Gasteiger partial charge in [-0.2, -0.15) is 0 Å². The molecule has 0 saturated heterocycles. The van der Waals surface area contributed by atoms with Gasteiger partial charge in [0.05, 0.1) is 0 Å². The van der Waals surface area contributed by atoms with Crippen molar-refractivity contribution in [3.63, 3.8) is 0 Å². The first kappa shape index (κ1) is 18.5. The zero-order valence-electron chi connectivity index (χ0n) is 16.5. The van der Waals surface area contributed by atoms with Gasteiger partial charge in [-0.05, 0) is 72.8 Å². The third kappa shape index (κ3) is 5.10. The SMILES string of the molecule is C1=CN(CCCn2cccc2)CC=C1C1=CCN(CCCn2cccc2)C=C1. The van der Waals surface area contributed by atoms with Crippen LogP contribution in [-0.4, -0.2) is 45.1 Å². The van der Waals surface area contributed by atoms with E-state index in [4.69, 9.17) is 0 Å². The lowest BCUT2D eigenvalue weighted by Gasteiger charge is -2.26. The number of aromatic nitrogens is 2. The Hall–Kier alpha value is -2.88. The fraction of sp³-hybridized carbons (Fsp3) is 0.333. The van der Waals surface area contributed by atoms with E-state index in [1.807, 2.05) is 0 Å². The van der Waals surface area contributed by atoms with Crippen molar-refractivity contribution in [3.8, 4) is 0 Å². The molecule has 2 aromatic heterocycles. The number of allylic oxidation sites excluding steroid dienone is 4. The molecule has 4 heterocycles. The van der Waals surface area contributed by atoms with Gasteiger partial charge in [0.2, 0.25) is 0 Å². The predicted octanol–water partition coefficient (Wildman–Crippen LogP) is 4.28. The second-order valence-corrected chi connectivity index (χ2v) is 7.49. The highest BCUT2D eigenvalue weighted by Gasteiger charge is 2.10. The fourth-order valence-electron chi connectivity index (χ4n) is 3.77. The molecule has 0 aromatic carbocycles. The summed E-state index contributed by atoms with van der Waals surface area (Å²) in [6.07, 6.45) is 24.6. The molecular weight excluding hydrogens is 344 g/mol. The Balaban J connectivity index is 1.17. The van der Waals surface area contributed by atoms with Crippen molar-refractivity contribution >= 4 is 0 Å². The van der Waals surface area contributed by atoms with Crippen molar-refractivity contribution < 1.29 is 0 Å². The lowest BCUT2D eigenvalue weighted by atomic mass is 10.0. The Labute approximate surface area is 168 Å². The summed E-state index contributed by atoms with van der Waals surface area (Å²) in [6, 6.07) is 8.35. The highest BCUT2D eigenvalue weighted by molar-refractivity contribution is 5.48. The van der Waals surface area contributed by atoms with Crippen LogP contribution in [0.5, 0.6) is 0 Å². The van der Waals surface area contributed by atoms with Crippen LogP contribution in [0.1, 0.15) is 12.8 Å². The van der Waals surface area contributed by atoms with Gasteiger partial charge in [0, 0.05) is 64.1 Å². The van der Waals surface area contributed by atoms with E-state index in [1.165, 1.54) is 24.0 Å². The molecule has 0 bridgehead atoms. The predicted molar refractivity (Wildman–Crippen MR) is 116 cm³/mol. The van der Waals surface area contributed by atoms with Crippen molar-refractivity contribution in [2.75, 3.05) is 26.2 Å². The number of aryl methyl sites for hydroxylation is 2. The third-order valence-corrected chi connectivity index (χ3v) is 5.41. The molecule has 2 aromatic rings. The molecule has 28 heavy (non-hydrogen) atoms. The second-order valence-electron chi connectivity index (χ2n) is 7.49. The van der Waals surface area contributed by atoms with E-state index < -0.39 is 0 Å². The Morgan fingerprint density at radius 2 is 1.00 bits per heavy atom. The number of hydrogen-bond acceptors (Lipinski definition) is 2. The molecule has 2 aliphatic heterocycles. The highest BCUT2D eigenvalue weighted by Crippen LogP contribution is 2.20. The molecule has 0 amide bonds. The summed E-state index contributed by atoms with van der Waals surface area (Å²) in [5, 5.41) is 0. The van der Waals surface area contributed by atoms with Gasteiger partial charge in [0.15, 0.2) is 0 Å². The van der Waals surface area contributed by atoms with Crippen molar-refractivity contribution in [1.29, 1.82) is 0 Å². The maximum absolute atomic E-state index is 2.40. The largest absolute Gasteiger partial charge is 0.374 e. The summed E-state index contributed by atoms with van der Waals surface area (Å²) in [5.41, 5.74) is 2.70. The van der Waals surface area contributed by atoms with E-state index >= 15 is 0 Å². The lowest BCUT2D eigenvalue weighted by molar-refractivity contribution is 0.385. The molecule has 0 aliphatic carbocycles. The molecule has 0 N–H and O–H groups in total. The quantitative estimate of drug-likeness (QED) is 0.651. The summed E-state index contributed by atoms with van der Waals surface area (Å²) in [5.74, 6) is 0. The summed E-state index contributed by atoms with van der Waals surface area (Å²) in [4.78, 5) is 4.79. The maximum Gasteiger partial charge on any atom is 0.0363 e. The molecule has 4 rings (SSSR count). The van der Waals surface area contributed by atoms with Gasteiger partial charge in [0.25, 0.3) is 0 Å². The average Bonchev–Trinajstić information content (AvgIpc) is 3.44. The molecule has 4 nitrogen and oxygen atoms in total. The highest BCUT2D eigenvalue weighted by atomic mass is 15.1. The first-order valence-electron chi connectivity index (χ1n) is 10.3. The Kier molecular flexibility index (Phi) is 6.18. The smallest absolute Gasteiger partial charge is 0.0363 e. The van der Waals surface area contributed by atoms with Gasteiger partial charge in [-0.15, -0.1) is 0 Å². The van der Waals surface area contributed by atoms with Crippen LogP contribution in [0, 0.1) is 0 Å². The first-order chi connectivity index (χ1) is 13.9. The molecule has 0 saturated carbocycles. The summed E-state index contributed by atoms with van der Waals surface area (Å²) < 4.78 is 4.49. The molecule has 0 unspecified atom stereocenters. The zero-order chi connectivity index (χ0) is 19.0. The fourth-order valence-corrected chi connectivity index (χ4v) is 3.77. The van der Waals surface area contributed by atoms with E-state index in [-0.39, 0.29) is 0 Å². The Morgan fingerprint density at radius 3 is 1.36 bits per heavy atom. The monoisotopic (exact) mass is 374 g/mol. The van der Waals surface area contributed by atoms with E-state index in [1.54, 1.807) is 0 Å². The van der Waals surface area contributed by atoms with Gasteiger partial charge in [-0.3, -0.25) is 0 Å². The van der Waals surface area contributed by atoms with E-state index in [9.17, 15) is 0 Å². The first-order valence-corrected chi connectivity index (χ1v) is 10.3. The molecule has 4 heteroatoms. The van der Waals surface area contributed by atoms with E-state index in [2.05, 4.69) is 105 Å². The minimum atomic E-state index is 1.00. The van der Waals surface area contributed by atoms with Crippen LogP contribution < -0.4 is 0 Å². The van der Waals surface area contributed by atoms with Crippen LogP contribution in [0.25, 0.3) is 0 Å². The van der Waals surface area contributed by atoms with Crippen LogP contribution in [0.2, 0.25) is 0 Å². The topological polar surface area (TPSA) is 16.3 Å². The van der Waals surface area contributed by atoms with Gasteiger partial charge >= 0.3 is 0 Å². The average molecular weight is 375 g/mol. The molecule has 0 fully saturated rings. The van der Waals surface area contributed by atoms with Gasteiger partial charge in [-0.25, -0.2) is 0 Å². The Morgan fingerprint density at radius 1 is 0.571 bits per heavy atom. The standard InChI is InChI=1S/C24H30N4/c1-2-12-25(11-1)15-5-17-27-19-7-23(8-20-27)24-9-21-28(22-10-24)18-6-16-26-13-3-4-14-26/h1-4,7-14,19,21H,5-6,15-18,20,22H2. The number of rotatable bonds is 9. The molecule has 0 atom stereocenters. The molecule has 0 spiro atoms. The molecule has 146 valence electrons. The van der Waals surface area contributed by atoms with Crippen molar-refractivity contribution in [3.05, 3.63) is 96.9 Å². The molecule has 2 aliphatic rings. The van der Waals surface area contributed by atoms with E-state index in [0.29, 0.717) is 0 Å². The van der Waals surface area contributed by atoms with E-state index in [0.717, 1.165) is 39.3 Å². The summed E-state index contributed by atoms with van der Waals surface area (Å²) in [7, 11) is 0. The molecular formula is C24H30N4. The van der Waals surface area contributed by atoms with Crippen LogP contribution >= 0.6 is 0 Å². The van der Waals surface area contributed by atoms with Gasteiger partial charge in [-0.1, -0.05) is 12.2 Å². The normalized spacial score (nSPS) is 16.4. The second kappa shape index (κ2) is 9.36. The minimum absolute atomic E-state index is 1.00. The number of nitrogens with zero attached hydrogens (tertiary/aromatic N) is 4. The zero-order valence-corrected chi connectivity index (χ0v) is 16.5. The minimum Gasteiger partial charge on any atom is -0.374 e. The lowest BCUT2D eigenvalue weighted by Crippen LogP contribution is -2.24. The van der Waals surface area contributed by atoms with Gasteiger partial charge < -0.3 is 18.9 Å². The van der Waals surface area contributed by atoms with Crippen molar-refractivity contribution in [2.45, 2.75) is 25.9 Å². The maximum atomic E-state index is 2.40. The van der Waals surface area contributed by atoms with Crippen LogP contribution in [0.15, 0.2) is 96.9 Å². The summed E-state index contributed by atoms with van der Waals surface area (Å²) >= 11 is 0. The molecule has 0 radical (unpaired) electrons. The van der Waals surface area contributed by atoms with Crippen LogP contribution in [0.4, 0.5) is 0 Å². The van der Waals surface area contributed by atoms with Crippen LogP contribution in [0.3, 0.4) is 0 Å². The van der Waals surface area contributed by atoms with Gasteiger partial charge in [0.1, 0.15) is 0 Å². The number of hydrogen-bond donors (Lipinski definition) is 0. The van der Waals surface area contributed by atoms with Crippen LogP contribution in [-0.2, 0) is 13.1 Å². The summed E-state index contributed by atoms with van der Waals surface area (Å²) in [6.45, 7) is 6.38. The van der Waals surface area contributed by atoms with Crippen molar-refractivity contribution in [2.24, 2.45) is 0 Å². The van der Waals surface area contributed by atoms with Crippen molar-refractivity contribution in [1.82, 2.24) is 18.9 Å². The Bertz CT molecular complexity index is 765.